The summed E-state index contributed by atoms with van der Waals surface area (Å²) in [4.78, 5) is 38.2. The molecule has 0 fully saturated rings. The monoisotopic (exact) mass is 1000 g/mol. The highest BCUT2D eigenvalue weighted by Gasteiger charge is 2.19. The van der Waals surface area contributed by atoms with E-state index < -0.39 is 6.10 Å². The molecule has 0 aliphatic rings. The van der Waals surface area contributed by atoms with Crippen LogP contribution >= 0.6 is 0 Å². The van der Waals surface area contributed by atoms with Crippen LogP contribution in [0.15, 0.2) is 72.9 Å². The molecule has 0 aliphatic heterocycles. The normalized spacial score (nSPS) is 12.5. The van der Waals surface area contributed by atoms with Crippen molar-refractivity contribution in [3.8, 4) is 0 Å². The summed E-state index contributed by atoms with van der Waals surface area (Å²) in [6.07, 6.45) is 77.7. The first-order valence-corrected chi connectivity index (χ1v) is 30.9. The maximum atomic E-state index is 12.9. The van der Waals surface area contributed by atoms with Crippen molar-refractivity contribution < 1.29 is 28.6 Å². The zero-order chi connectivity index (χ0) is 52.2. The van der Waals surface area contributed by atoms with E-state index >= 15 is 0 Å². The van der Waals surface area contributed by atoms with Crippen LogP contribution in [0.25, 0.3) is 0 Å². The lowest BCUT2D eigenvalue weighted by molar-refractivity contribution is -0.166. The zero-order valence-electron chi connectivity index (χ0n) is 47.7. The Morgan fingerprint density at radius 2 is 0.569 bits per heavy atom. The molecule has 0 aromatic rings. The Morgan fingerprint density at radius 3 is 0.931 bits per heavy atom. The third-order valence-electron chi connectivity index (χ3n) is 13.5. The van der Waals surface area contributed by atoms with Gasteiger partial charge in [-0.2, -0.15) is 0 Å². The second-order valence-electron chi connectivity index (χ2n) is 20.6. The Labute approximate surface area is 446 Å². The van der Waals surface area contributed by atoms with Gasteiger partial charge in [0, 0.05) is 19.3 Å². The number of carbonyl (C=O) groups is 3. The molecule has 1 atom stereocenters. The van der Waals surface area contributed by atoms with E-state index in [1.807, 2.05) is 6.08 Å². The summed E-state index contributed by atoms with van der Waals surface area (Å²) in [6.45, 7) is 6.50. The summed E-state index contributed by atoms with van der Waals surface area (Å²) in [5.74, 6) is -0.974. The zero-order valence-corrected chi connectivity index (χ0v) is 47.7. The van der Waals surface area contributed by atoms with Crippen LogP contribution in [0, 0.1) is 0 Å². The highest BCUT2D eigenvalue weighted by molar-refractivity contribution is 5.71. The fraction of sp³-hybridized carbons (Fsp3) is 0.773. The minimum Gasteiger partial charge on any atom is -0.462 e. The maximum absolute atomic E-state index is 12.9. The lowest BCUT2D eigenvalue weighted by atomic mass is 10.0. The number of esters is 3. The van der Waals surface area contributed by atoms with Crippen LogP contribution in [0.5, 0.6) is 0 Å². The summed E-state index contributed by atoms with van der Waals surface area (Å²) in [7, 11) is 0. The van der Waals surface area contributed by atoms with E-state index in [2.05, 4.69) is 87.6 Å². The van der Waals surface area contributed by atoms with E-state index in [9.17, 15) is 14.4 Å². The molecule has 0 bridgehead atoms. The van der Waals surface area contributed by atoms with Gasteiger partial charge in [-0.1, -0.05) is 286 Å². The number of ether oxygens (including phenoxy) is 3. The van der Waals surface area contributed by atoms with Crippen LogP contribution in [-0.2, 0) is 28.6 Å². The lowest BCUT2D eigenvalue weighted by Crippen LogP contribution is -2.30. The number of allylic oxidation sites excluding steroid dienone is 12. The number of rotatable bonds is 56. The van der Waals surface area contributed by atoms with Gasteiger partial charge in [-0.3, -0.25) is 14.4 Å². The van der Waals surface area contributed by atoms with Crippen LogP contribution < -0.4 is 0 Å². The van der Waals surface area contributed by atoms with Crippen molar-refractivity contribution >= 4 is 17.9 Å². The Morgan fingerprint density at radius 1 is 0.292 bits per heavy atom. The Balaban J connectivity index is 4.43. The number of hydrogen-bond acceptors (Lipinski definition) is 6. The maximum Gasteiger partial charge on any atom is 0.306 e. The topological polar surface area (TPSA) is 78.9 Å². The summed E-state index contributed by atoms with van der Waals surface area (Å²) in [5, 5.41) is 0. The summed E-state index contributed by atoms with van der Waals surface area (Å²) in [5.41, 5.74) is 0. The van der Waals surface area contributed by atoms with Gasteiger partial charge >= 0.3 is 17.9 Å². The quantitative estimate of drug-likeness (QED) is 0.0261. The lowest BCUT2D eigenvalue weighted by Gasteiger charge is -2.18. The Hall–Kier alpha value is -3.15. The van der Waals surface area contributed by atoms with Crippen molar-refractivity contribution in [2.75, 3.05) is 13.2 Å². The molecule has 0 amide bonds. The van der Waals surface area contributed by atoms with E-state index in [-0.39, 0.29) is 37.5 Å². The van der Waals surface area contributed by atoms with E-state index in [4.69, 9.17) is 14.2 Å². The molecule has 0 heterocycles. The average Bonchev–Trinajstić information content (AvgIpc) is 3.38. The Kier molecular flexibility index (Phi) is 57.8. The molecule has 0 rings (SSSR count). The molecule has 0 N–H and O–H groups in total. The summed E-state index contributed by atoms with van der Waals surface area (Å²) in [6, 6.07) is 0. The summed E-state index contributed by atoms with van der Waals surface area (Å²) < 4.78 is 16.8. The van der Waals surface area contributed by atoms with Crippen molar-refractivity contribution in [1.82, 2.24) is 0 Å². The van der Waals surface area contributed by atoms with E-state index in [0.29, 0.717) is 19.3 Å². The fourth-order valence-corrected chi connectivity index (χ4v) is 8.84. The predicted octanol–water partition coefficient (Wildman–Crippen LogP) is 20.9. The van der Waals surface area contributed by atoms with Gasteiger partial charge in [0.05, 0.1) is 0 Å². The molecule has 0 aliphatic carbocycles. The molecule has 0 spiro atoms. The summed E-state index contributed by atoms with van der Waals surface area (Å²) >= 11 is 0. The highest BCUT2D eigenvalue weighted by atomic mass is 16.6. The number of carbonyl (C=O) groups excluding carboxylic acids is 3. The minimum atomic E-state index is -0.806. The van der Waals surface area contributed by atoms with Crippen LogP contribution in [0.3, 0.4) is 0 Å². The molecule has 6 nitrogen and oxygen atoms in total. The molecule has 0 saturated carbocycles. The van der Waals surface area contributed by atoms with Gasteiger partial charge in [-0.05, 0) is 77.0 Å². The van der Waals surface area contributed by atoms with Crippen LogP contribution in [0.1, 0.15) is 310 Å². The van der Waals surface area contributed by atoms with Gasteiger partial charge in [-0.25, -0.2) is 0 Å². The third kappa shape index (κ3) is 57.7. The Bertz CT molecular complexity index is 1340. The standard InChI is InChI=1S/C66H116O6/c1-4-7-10-13-16-19-22-25-28-31-33-35-38-41-44-47-50-53-56-59-65(68)71-62-63(61-70-64(67)58-55-52-49-46-43-40-37-30-27-24-21-18-15-12-9-6-3)72-66(69)60-57-54-51-48-45-42-39-36-34-32-29-26-23-20-17-14-11-8-5-2/h9,12,18,21,27,30-31,33,40,43,49,52,63H,4-8,10-11,13-17,19-20,22-26,28-29,32,34-39,41-42,44-48,50-51,53-62H2,1-3H3/b12-9-,21-18-,30-27-,33-31-,43-40-,52-49-. The van der Waals surface area contributed by atoms with Gasteiger partial charge in [-0.15, -0.1) is 0 Å². The van der Waals surface area contributed by atoms with Gasteiger partial charge in [0.25, 0.3) is 0 Å². The molecule has 1 unspecified atom stereocenters. The van der Waals surface area contributed by atoms with Crippen molar-refractivity contribution in [2.24, 2.45) is 0 Å². The van der Waals surface area contributed by atoms with Crippen LogP contribution in [0.2, 0.25) is 0 Å². The van der Waals surface area contributed by atoms with Crippen LogP contribution in [-0.4, -0.2) is 37.2 Å². The van der Waals surface area contributed by atoms with Crippen molar-refractivity contribution in [1.29, 1.82) is 0 Å². The number of hydrogen-bond donors (Lipinski definition) is 0. The molecule has 6 heteroatoms. The molecular weight excluding hydrogens is 889 g/mol. The first-order valence-electron chi connectivity index (χ1n) is 30.9. The van der Waals surface area contributed by atoms with Crippen LogP contribution in [0.4, 0.5) is 0 Å². The molecule has 0 saturated heterocycles. The second kappa shape index (κ2) is 60.4. The smallest absolute Gasteiger partial charge is 0.306 e. The second-order valence-corrected chi connectivity index (χ2v) is 20.6. The van der Waals surface area contributed by atoms with Crippen molar-refractivity contribution in [3.05, 3.63) is 72.9 Å². The molecule has 72 heavy (non-hydrogen) atoms. The van der Waals surface area contributed by atoms with E-state index in [1.54, 1.807) is 0 Å². The predicted molar refractivity (Wildman–Crippen MR) is 311 cm³/mol. The molecule has 0 aromatic heterocycles. The van der Waals surface area contributed by atoms with E-state index in [0.717, 1.165) is 70.6 Å². The number of unbranched alkanes of at least 4 members (excludes halogenated alkanes) is 33. The van der Waals surface area contributed by atoms with Gasteiger partial charge < -0.3 is 14.2 Å². The van der Waals surface area contributed by atoms with E-state index in [1.165, 1.54) is 193 Å². The first kappa shape index (κ1) is 68.8. The third-order valence-corrected chi connectivity index (χ3v) is 13.5. The molecule has 0 radical (unpaired) electrons. The average molecular weight is 1010 g/mol. The SMILES string of the molecule is CC/C=C\C/C=C\C/C=C\C/C=C\C/C=C\CCC(=O)OCC(COC(=O)CCCCCCCCC/C=C\CCCCCCCCCC)OC(=O)CCCCCCCCCCCCCCCCCCCCC. The van der Waals surface area contributed by atoms with Crippen molar-refractivity contribution in [3.63, 3.8) is 0 Å². The van der Waals surface area contributed by atoms with Gasteiger partial charge in [0.2, 0.25) is 0 Å². The molecular formula is C66H116O6. The van der Waals surface area contributed by atoms with Crippen molar-refractivity contribution in [2.45, 2.75) is 316 Å². The van der Waals surface area contributed by atoms with Gasteiger partial charge in [0.15, 0.2) is 6.10 Å². The molecule has 416 valence electrons. The van der Waals surface area contributed by atoms with Gasteiger partial charge in [0.1, 0.15) is 13.2 Å². The minimum absolute atomic E-state index is 0.0978. The fourth-order valence-electron chi connectivity index (χ4n) is 8.84. The highest BCUT2D eigenvalue weighted by Crippen LogP contribution is 2.17. The first-order chi connectivity index (χ1) is 35.5. The largest absolute Gasteiger partial charge is 0.462 e. The molecule has 0 aromatic carbocycles.